The summed E-state index contributed by atoms with van der Waals surface area (Å²) in [5, 5.41) is 10.9. The number of carbonyl (C=O) groups is 1. The number of hydrogen-bond donors (Lipinski definition) is 0. The molecule has 1 aromatic heterocycles. The number of carbonyl (C=O) groups excluding carboxylic acids is 1. The topological polar surface area (TPSA) is 113 Å². The van der Waals surface area contributed by atoms with Crippen LogP contribution in [0.5, 0.6) is 5.75 Å². The summed E-state index contributed by atoms with van der Waals surface area (Å²) in [5.74, 6) is -0.525. The average Bonchev–Trinajstić information content (AvgIpc) is 3.38. The average molecular weight is 636 g/mol. The van der Waals surface area contributed by atoms with Gasteiger partial charge in [-0.15, -0.1) is 0 Å². The molecule has 1 aliphatic heterocycles. The summed E-state index contributed by atoms with van der Waals surface area (Å²) in [6.45, 7) is 2.01. The smallest absolute Gasteiger partial charge is 0.338 e. The van der Waals surface area contributed by atoms with E-state index in [-0.39, 0.29) is 30.0 Å². The van der Waals surface area contributed by atoms with Gasteiger partial charge in [0.25, 0.3) is 11.2 Å². The van der Waals surface area contributed by atoms with Crippen LogP contribution in [0.25, 0.3) is 11.8 Å². The lowest BCUT2D eigenvalue weighted by molar-refractivity contribution is -0.384. The van der Waals surface area contributed by atoms with E-state index in [9.17, 15) is 24.1 Å². The molecule has 5 aromatic rings. The van der Waals surface area contributed by atoms with E-state index in [1.165, 1.54) is 40.2 Å². The maximum atomic E-state index is 14.1. The molecule has 1 atom stereocenters. The van der Waals surface area contributed by atoms with Crippen LogP contribution in [0.15, 0.2) is 118 Å². The number of benzene rings is 4. The Kier molecular flexibility index (Phi) is 8.66. The van der Waals surface area contributed by atoms with Gasteiger partial charge < -0.3 is 9.47 Å². The van der Waals surface area contributed by atoms with Crippen molar-refractivity contribution < 1.29 is 23.6 Å². The number of thiazole rings is 1. The Bertz CT molecular complexity index is 2140. The van der Waals surface area contributed by atoms with Crippen LogP contribution in [0.2, 0.25) is 0 Å². The summed E-state index contributed by atoms with van der Waals surface area (Å²) in [7, 11) is 0. The number of nitro benzene ring substituents is 1. The van der Waals surface area contributed by atoms with Gasteiger partial charge in [-0.2, -0.15) is 0 Å². The summed E-state index contributed by atoms with van der Waals surface area (Å²) < 4.78 is 27.2. The summed E-state index contributed by atoms with van der Waals surface area (Å²) >= 11 is 1.18. The Labute approximate surface area is 266 Å². The highest BCUT2D eigenvalue weighted by atomic mass is 32.1. The van der Waals surface area contributed by atoms with Crippen LogP contribution < -0.4 is 19.6 Å². The Morgan fingerprint density at radius 2 is 1.76 bits per heavy atom. The van der Waals surface area contributed by atoms with Gasteiger partial charge in [0.05, 0.1) is 33.4 Å². The normalized spacial score (nSPS) is 14.4. The number of halogens is 1. The first kappa shape index (κ1) is 30.4. The minimum absolute atomic E-state index is 0.000790. The molecule has 2 heterocycles. The van der Waals surface area contributed by atoms with Crippen molar-refractivity contribution in [1.29, 1.82) is 0 Å². The second kappa shape index (κ2) is 13.1. The van der Waals surface area contributed by atoms with Gasteiger partial charge >= 0.3 is 5.97 Å². The van der Waals surface area contributed by atoms with E-state index < -0.39 is 22.8 Å². The van der Waals surface area contributed by atoms with Crippen LogP contribution in [0.3, 0.4) is 0 Å². The highest BCUT2D eigenvalue weighted by Gasteiger charge is 2.35. The van der Waals surface area contributed by atoms with Crippen LogP contribution in [0.1, 0.15) is 35.2 Å². The van der Waals surface area contributed by atoms with Crippen molar-refractivity contribution >= 4 is 34.8 Å². The largest absolute Gasteiger partial charge is 0.489 e. The number of nitro groups is 1. The maximum Gasteiger partial charge on any atom is 0.338 e. The van der Waals surface area contributed by atoms with Gasteiger partial charge in [-0.3, -0.25) is 19.5 Å². The molecule has 0 saturated carbocycles. The van der Waals surface area contributed by atoms with Crippen LogP contribution in [-0.2, 0) is 16.1 Å². The maximum absolute atomic E-state index is 14.1. The van der Waals surface area contributed by atoms with Crippen molar-refractivity contribution in [3.63, 3.8) is 0 Å². The number of esters is 1. The first-order chi connectivity index (χ1) is 22.3. The summed E-state index contributed by atoms with van der Waals surface area (Å²) in [6, 6.07) is 27.2. The Hall–Kier alpha value is -5.68. The van der Waals surface area contributed by atoms with Crippen LogP contribution >= 0.6 is 11.3 Å². The Morgan fingerprint density at radius 3 is 2.46 bits per heavy atom. The zero-order chi connectivity index (χ0) is 32.2. The molecule has 4 aromatic carbocycles. The van der Waals surface area contributed by atoms with Crippen molar-refractivity contribution in [2.75, 3.05) is 6.61 Å². The first-order valence-corrected chi connectivity index (χ1v) is 15.1. The molecule has 0 fully saturated rings. The fourth-order valence-corrected chi connectivity index (χ4v) is 6.13. The molecule has 0 amide bonds. The third-order valence-corrected chi connectivity index (χ3v) is 8.25. The summed E-state index contributed by atoms with van der Waals surface area (Å²) in [5.41, 5.74) is 2.84. The molecular weight excluding hydrogens is 609 g/mol. The molecule has 0 radical (unpaired) electrons. The van der Waals surface area contributed by atoms with Gasteiger partial charge in [0, 0.05) is 17.7 Å². The van der Waals surface area contributed by atoms with Crippen molar-refractivity contribution in [2.24, 2.45) is 4.99 Å². The van der Waals surface area contributed by atoms with E-state index in [1.54, 1.807) is 55.5 Å². The highest BCUT2D eigenvalue weighted by molar-refractivity contribution is 7.07. The highest BCUT2D eigenvalue weighted by Crippen LogP contribution is 2.35. The van der Waals surface area contributed by atoms with Crippen LogP contribution in [0.4, 0.5) is 10.1 Å². The zero-order valence-electron chi connectivity index (χ0n) is 24.5. The number of aromatic nitrogens is 1. The summed E-state index contributed by atoms with van der Waals surface area (Å²) in [4.78, 5) is 43.2. The van der Waals surface area contributed by atoms with E-state index in [0.717, 1.165) is 5.56 Å². The second-order valence-corrected chi connectivity index (χ2v) is 11.3. The Morgan fingerprint density at radius 1 is 1.02 bits per heavy atom. The summed E-state index contributed by atoms with van der Waals surface area (Å²) in [6.07, 6.45) is 1.72. The standard InChI is InChI=1S/C35H26FN3O6S/c1-2-44-34(41)30-31(24-8-4-3-5-9-24)37-35-38(32(30)25-13-15-26(36)16-14-25)33(40)29(46-35)20-23-7-6-10-28(19-23)45-21-22-11-17-27(18-12-22)39(42)43/h3-20,32H,2,21H2,1H3/b29-20-/t32-/m1/s1. The monoisotopic (exact) mass is 635 g/mol. The number of fused-ring (bicyclic) bond motifs is 1. The van der Waals surface area contributed by atoms with Gasteiger partial charge in [0.15, 0.2) is 4.80 Å². The lowest BCUT2D eigenvalue weighted by atomic mass is 9.93. The molecule has 46 heavy (non-hydrogen) atoms. The van der Waals surface area contributed by atoms with E-state index in [4.69, 9.17) is 14.5 Å². The molecule has 0 aliphatic carbocycles. The van der Waals surface area contributed by atoms with Gasteiger partial charge in [0.2, 0.25) is 0 Å². The number of hydrogen-bond acceptors (Lipinski definition) is 8. The quantitative estimate of drug-likeness (QED) is 0.119. The fraction of sp³-hybridized carbons (Fsp3) is 0.114. The molecule has 6 rings (SSSR count). The molecule has 9 nitrogen and oxygen atoms in total. The van der Waals surface area contributed by atoms with E-state index in [1.807, 2.05) is 36.4 Å². The van der Waals surface area contributed by atoms with Crippen LogP contribution in [-0.4, -0.2) is 22.1 Å². The third kappa shape index (κ3) is 6.26. The molecule has 11 heteroatoms. The number of rotatable bonds is 9. The molecule has 0 spiro atoms. The van der Waals surface area contributed by atoms with Crippen molar-refractivity contribution in [2.45, 2.75) is 19.6 Å². The van der Waals surface area contributed by atoms with Crippen LogP contribution in [0, 0.1) is 15.9 Å². The van der Waals surface area contributed by atoms with Crippen molar-refractivity contribution in [3.8, 4) is 5.75 Å². The van der Waals surface area contributed by atoms with Gasteiger partial charge in [-0.05, 0) is 66.1 Å². The number of non-ortho nitro benzene ring substituents is 1. The minimum atomic E-state index is -0.912. The molecule has 230 valence electrons. The number of ether oxygens (including phenoxy) is 2. The molecule has 1 aliphatic rings. The van der Waals surface area contributed by atoms with E-state index in [0.29, 0.717) is 37.5 Å². The molecule has 0 unspecified atom stereocenters. The fourth-order valence-electron chi connectivity index (χ4n) is 5.13. The van der Waals surface area contributed by atoms with Gasteiger partial charge in [-0.1, -0.05) is 65.9 Å². The van der Waals surface area contributed by atoms with Crippen molar-refractivity contribution in [1.82, 2.24) is 4.57 Å². The lowest BCUT2D eigenvalue weighted by Crippen LogP contribution is -2.40. The number of nitrogens with zero attached hydrogens (tertiary/aromatic N) is 3. The van der Waals surface area contributed by atoms with Gasteiger partial charge in [-0.25, -0.2) is 14.2 Å². The molecule has 0 saturated heterocycles. The SMILES string of the molecule is CCOC(=O)C1=C(c2ccccc2)N=c2s/c(=C\c3cccc(OCc4ccc([N+](=O)[O-])cc4)c3)c(=O)n2[C@@H]1c1ccc(F)cc1. The zero-order valence-corrected chi connectivity index (χ0v) is 25.3. The minimum Gasteiger partial charge on any atom is -0.489 e. The van der Waals surface area contributed by atoms with Gasteiger partial charge in [0.1, 0.15) is 18.2 Å². The molecule has 0 bridgehead atoms. The third-order valence-electron chi connectivity index (χ3n) is 7.27. The predicted molar refractivity (Wildman–Crippen MR) is 171 cm³/mol. The Balaban J connectivity index is 1.43. The second-order valence-electron chi connectivity index (χ2n) is 10.3. The molecule has 0 N–H and O–H groups in total. The molecular formula is C35H26FN3O6S. The van der Waals surface area contributed by atoms with Crippen molar-refractivity contribution in [3.05, 3.63) is 167 Å². The van der Waals surface area contributed by atoms with E-state index >= 15 is 0 Å². The predicted octanol–water partition coefficient (Wildman–Crippen LogP) is 5.56. The van der Waals surface area contributed by atoms with E-state index in [2.05, 4.69) is 0 Å². The lowest BCUT2D eigenvalue weighted by Gasteiger charge is -2.25. The first-order valence-electron chi connectivity index (χ1n) is 14.3.